The summed E-state index contributed by atoms with van der Waals surface area (Å²) in [5, 5.41) is 24.2. The highest BCUT2D eigenvalue weighted by Crippen LogP contribution is 2.26. The summed E-state index contributed by atoms with van der Waals surface area (Å²) in [6.45, 7) is 3.59. The lowest BCUT2D eigenvalue weighted by molar-refractivity contribution is -0.384. The largest absolute Gasteiger partial charge is 0.480 e. The average molecular weight is 289 g/mol. The molecule has 2 N–H and O–H groups in total. The minimum absolute atomic E-state index is 0.0155. The van der Waals surface area contributed by atoms with E-state index in [1.165, 1.54) is 18.3 Å². The molecule has 0 bridgehead atoms. The third kappa shape index (κ3) is 3.07. The summed E-state index contributed by atoms with van der Waals surface area (Å²) in [6, 6.07) is 5.26. The van der Waals surface area contributed by atoms with E-state index >= 15 is 0 Å². The van der Waals surface area contributed by atoms with Crippen LogP contribution in [0.1, 0.15) is 13.8 Å². The summed E-state index contributed by atoms with van der Waals surface area (Å²) in [5.41, 5.74) is -0.0155. The molecule has 0 aliphatic carbocycles. The second-order valence-corrected chi connectivity index (χ2v) is 5.03. The molecule has 0 spiro atoms. The number of carbonyl (C=O) groups is 1. The van der Waals surface area contributed by atoms with E-state index < -0.39 is 16.9 Å². The second kappa shape index (κ2) is 5.74. The van der Waals surface area contributed by atoms with Crippen molar-refractivity contribution in [1.29, 1.82) is 0 Å². The fourth-order valence-electron chi connectivity index (χ4n) is 2.05. The quantitative estimate of drug-likeness (QED) is 0.647. The van der Waals surface area contributed by atoms with Crippen molar-refractivity contribution < 1.29 is 14.8 Å². The van der Waals surface area contributed by atoms with Crippen LogP contribution in [0, 0.1) is 16.0 Å². The van der Waals surface area contributed by atoms with Gasteiger partial charge in [0, 0.05) is 23.7 Å². The van der Waals surface area contributed by atoms with Gasteiger partial charge in [0.15, 0.2) is 0 Å². The maximum atomic E-state index is 11.2. The van der Waals surface area contributed by atoms with Gasteiger partial charge in [-0.3, -0.25) is 10.1 Å². The summed E-state index contributed by atoms with van der Waals surface area (Å²) >= 11 is 0. The normalized spacial score (nSPS) is 12.3. The van der Waals surface area contributed by atoms with Crippen molar-refractivity contribution in [3.05, 3.63) is 40.6 Å². The first kappa shape index (κ1) is 14.7. The SMILES string of the molecule is CC(C)[C@H](Nc1nccc2cc([N+](=O)[O-])ccc12)C(=O)O. The van der Waals surface area contributed by atoms with Gasteiger partial charge in [-0.25, -0.2) is 9.78 Å². The van der Waals surface area contributed by atoms with Gasteiger partial charge in [-0.2, -0.15) is 0 Å². The first-order chi connectivity index (χ1) is 9.90. The van der Waals surface area contributed by atoms with Gasteiger partial charge in [0.05, 0.1) is 4.92 Å². The summed E-state index contributed by atoms with van der Waals surface area (Å²) in [4.78, 5) is 25.7. The molecule has 2 aromatic rings. The third-order valence-corrected chi connectivity index (χ3v) is 3.18. The van der Waals surface area contributed by atoms with Crippen molar-refractivity contribution in [2.45, 2.75) is 19.9 Å². The van der Waals surface area contributed by atoms with Crippen LogP contribution in [0.3, 0.4) is 0 Å². The van der Waals surface area contributed by atoms with E-state index in [2.05, 4.69) is 10.3 Å². The lowest BCUT2D eigenvalue weighted by Crippen LogP contribution is -2.34. The number of carboxylic acids is 1. The molecule has 1 heterocycles. The van der Waals surface area contributed by atoms with E-state index in [9.17, 15) is 20.0 Å². The van der Waals surface area contributed by atoms with E-state index in [1.54, 1.807) is 26.0 Å². The number of nitrogens with zero attached hydrogens (tertiary/aromatic N) is 2. The number of rotatable bonds is 5. The summed E-state index contributed by atoms with van der Waals surface area (Å²) in [6.07, 6.45) is 1.49. The van der Waals surface area contributed by atoms with Crippen LogP contribution in [0.5, 0.6) is 0 Å². The Kier molecular flexibility index (Phi) is 4.02. The van der Waals surface area contributed by atoms with Crippen LogP contribution in [0.4, 0.5) is 11.5 Å². The fraction of sp³-hybridized carbons (Fsp3) is 0.286. The predicted molar refractivity (Wildman–Crippen MR) is 78.3 cm³/mol. The molecule has 21 heavy (non-hydrogen) atoms. The number of pyridine rings is 1. The highest BCUT2D eigenvalue weighted by Gasteiger charge is 2.22. The van der Waals surface area contributed by atoms with Gasteiger partial charge in [-0.1, -0.05) is 13.8 Å². The van der Waals surface area contributed by atoms with Crippen molar-refractivity contribution in [2.75, 3.05) is 5.32 Å². The Hall–Kier alpha value is -2.70. The Morgan fingerprint density at radius 1 is 1.38 bits per heavy atom. The first-order valence-corrected chi connectivity index (χ1v) is 6.42. The molecule has 110 valence electrons. The number of aromatic nitrogens is 1. The van der Waals surface area contributed by atoms with Crippen LogP contribution in [-0.2, 0) is 4.79 Å². The summed E-state index contributed by atoms with van der Waals surface area (Å²) < 4.78 is 0. The Labute approximate surface area is 120 Å². The zero-order chi connectivity index (χ0) is 15.6. The van der Waals surface area contributed by atoms with E-state index in [0.717, 1.165) is 0 Å². The number of nitro benzene ring substituents is 1. The molecule has 7 heteroatoms. The van der Waals surface area contributed by atoms with E-state index in [4.69, 9.17) is 0 Å². The number of carboxylic acid groups (broad SMARTS) is 1. The Balaban J connectivity index is 2.45. The predicted octanol–water partition coefficient (Wildman–Crippen LogP) is 2.66. The first-order valence-electron chi connectivity index (χ1n) is 6.42. The number of anilines is 1. The molecule has 0 radical (unpaired) electrons. The van der Waals surface area contributed by atoms with Crippen LogP contribution >= 0.6 is 0 Å². The smallest absolute Gasteiger partial charge is 0.326 e. The highest BCUT2D eigenvalue weighted by molar-refractivity contribution is 5.94. The van der Waals surface area contributed by atoms with Crippen molar-refractivity contribution >= 4 is 28.2 Å². The fourth-order valence-corrected chi connectivity index (χ4v) is 2.05. The van der Waals surface area contributed by atoms with Gasteiger partial charge in [-0.15, -0.1) is 0 Å². The zero-order valence-corrected chi connectivity index (χ0v) is 11.6. The number of non-ortho nitro benzene ring substituents is 1. The van der Waals surface area contributed by atoms with Gasteiger partial charge >= 0.3 is 5.97 Å². The molecule has 0 aliphatic heterocycles. The maximum Gasteiger partial charge on any atom is 0.326 e. The van der Waals surface area contributed by atoms with Gasteiger partial charge in [0.2, 0.25) is 0 Å². The van der Waals surface area contributed by atoms with E-state index in [-0.39, 0.29) is 11.6 Å². The van der Waals surface area contributed by atoms with Crippen molar-refractivity contribution in [1.82, 2.24) is 4.98 Å². The highest BCUT2D eigenvalue weighted by atomic mass is 16.6. The molecule has 1 aromatic carbocycles. The van der Waals surface area contributed by atoms with E-state index in [0.29, 0.717) is 16.6 Å². The maximum absolute atomic E-state index is 11.2. The van der Waals surface area contributed by atoms with Crippen LogP contribution in [0.2, 0.25) is 0 Å². The second-order valence-electron chi connectivity index (χ2n) is 5.03. The number of hydrogen-bond acceptors (Lipinski definition) is 5. The molecule has 1 atom stereocenters. The van der Waals surface area contributed by atoms with Gasteiger partial charge in [-0.05, 0) is 23.4 Å². The van der Waals surface area contributed by atoms with Gasteiger partial charge < -0.3 is 10.4 Å². The standard InChI is InChI=1S/C14H15N3O4/c1-8(2)12(14(18)19)16-13-11-4-3-10(17(20)21)7-9(11)5-6-15-13/h3-8,12H,1-2H3,(H,15,16)(H,18,19)/t12-/m0/s1. The minimum atomic E-state index is -0.967. The van der Waals surface area contributed by atoms with Crippen molar-refractivity contribution in [2.24, 2.45) is 5.92 Å². The molecule has 0 amide bonds. The number of nitro groups is 1. The molecule has 7 nitrogen and oxygen atoms in total. The molecular weight excluding hydrogens is 274 g/mol. The molecule has 1 aromatic heterocycles. The molecule has 0 saturated heterocycles. The Morgan fingerprint density at radius 3 is 2.67 bits per heavy atom. The number of hydrogen-bond donors (Lipinski definition) is 2. The van der Waals surface area contributed by atoms with E-state index in [1.807, 2.05) is 0 Å². The molecule has 0 fully saturated rings. The lowest BCUT2D eigenvalue weighted by atomic mass is 10.0. The average Bonchev–Trinajstić information content (AvgIpc) is 2.43. The topological polar surface area (TPSA) is 105 Å². The van der Waals surface area contributed by atoms with Crippen LogP contribution in [0.15, 0.2) is 30.5 Å². The lowest BCUT2D eigenvalue weighted by Gasteiger charge is -2.19. The summed E-state index contributed by atoms with van der Waals surface area (Å²) in [7, 11) is 0. The van der Waals surface area contributed by atoms with Crippen LogP contribution in [0.25, 0.3) is 10.8 Å². The van der Waals surface area contributed by atoms with Crippen molar-refractivity contribution in [3.63, 3.8) is 0 Å². The zero-order valence-electron chi connectivity index (χ0n) is 11.6. The number of aliphatic carboxylic acids is 1. The molecular formula is C14H15N3O4. The third-order valence-electron chi connectivity index (χ3n) is 3.18. The molecule has 2 rings (SSSR count). The molecule has 0 aliphatic rings. The number of benzene rings is 1. The van der Waals surface area contributed by atoms with Crippen molar-refractivity contribution in [3.8, 4) is 0 Å². The van der Waals surface area contributed by atoms with Crippen LogP contribution < -0.4 is 5.32 Å². The molecule has 0 saturated carbocycles. The Morgan fingerprint density at radius 2 is 2.10 bits per heavy atom. The summed E-state index contributed by atoms with van der Waals surface area (Å²) in [5.74, 6) is -0.688. The monoisotopic (exact) mass is 289 g/mol. The van der Waals surface area contributed by atoms with Gasteiger partial charge in [0.25, 0.3) is 5.69 Å². The van der Waals surface area contributed by atoms with Crippen LogP contribution in [-0.4, -0.2) is 27.0 Å². The number of fused-ring (bicyclic) bond motifs is 1. The number of nitrogens with one attached hydrogen (secondary N) is 1. The van der Waals surface area contributed by atoms with Gasteiger partial charge in [0.1, 0.15) is 11.9 Å². The minimum Gasteiger partial charge on any atom is -0.480 e. The Bertz CT molecular complexity index is 700. The molecule has 0 unspecified atom stereocenters.